The van der Waals surface area contributed by atoms with Crippen LogP contribution in [-0.4, -0.2) is 16.2 Å². The zero-order chi connectivity index (χ0) is 15.4. The van der Waals surface area contributed by atoms with Crippen LogP contribution in [0.5, 0.6) is 0 Å². The van der Waals surface area contributed by atoms with Gasteiger partial charge in [0.05, 0.1) is 6.20 Å². The Bertz CT molecular complexity index is 818. The third-order valence-electron chi connectivity index (χ3n) is 2.95. The molecule has 0 aliphatic carbocycles. The molecule has 1 heterocycles. The summed E-state index contributed by atoms with van der Waals surface area (Å²) in [5, 5.41) is 12.9. The topological polar surface area (TPSA) is 78.9 Å². The quantitative estimate of drug-likeness (QED) is 0.647. The van der Waals surface area contributed by atoms with Crippen molar-refractivity contribution in [1.82, 2.24) is 15.6 Å². The van der Waals surface area contributed by atoms with Crippen LogP contribution >= 0.6 is 11.6 Å². The number of anilines is 2. The van der Waals surface area contributed by atoms with Crippen molar-refractivity contribution in [2.24, 2.45) is 0 Å². The Kier molecular flexibility index (Phi) is 4.02. The van der Waals surface area contributed by atoms with Crippen LogP contribution in [0.1, 0.15) is 0 Å². The second-order valence-electron chi connectivity index (χ2n) is 4.49. The number of carbonyl (C=O) groups excluding carboxylic acids is 1. The molecule has 0 unspecified atom stereocenters. The maximum atomic E-state index is 11.9. The van der Waals surface area contributed by atoms with E-state index in [0.717, 1.165) is 10.8 Å². The summed E-state index contributed by atoms with van der Waals surface area (Å²) < 4.78 is 0. The number of hydrogen-bond donors (Lipinski definition) is 3. The molecular formula is C15H12ClN5O. The number of nitrogens with zero attached hydrogens (tertiary/aromatic N) is 2. The Morgan fingerprint density at radius 1 is 1.09 bits per heavy atom. The van der Waals surface area contributed by atoms with E-state index in [-0.39, 0.29) is 0 Å². The summed E-state index contributed by atoms with van der Waals surface area (Å²) in [6.45, 7) is 0. The Hall–Kier alpha value is -2.86. The molecule has 22 heavy (non-hydrogen) atoms. The van der Waals surface area contributed by atoms with Gasteiger partial charge in [-0.15, -0.1) is 5.10 Å². The fraction of sp³-hybridized carbons (Fsp3) is 0. The van der Waals surface area contributed by atoms with Crippen LogP contribution < -0.4 is 16.2 Å². The number of carbonyl (C=O) groups is 1. The van der Waals surface area contributed by atoms with Gasteiger partial charge in [-0.25, -0.2) is 10.2 Å². The van der Waals surface area contributed by atoms with Crippen molar-refractivity contribution in [2.75, 3.05) is 10.7 Å². The molecular weight excluding hydrogens is 302 g/mol. The molecule has 7 heteroatoms. The molecule has 6 nitrogen and oxygen atoms in total. The van der Waals surface area contributed by atoms with Crippen molar-refractivity contribution in [3.8, 4) is 0 Å². The van der Waals surface area contributed by atoms with Crippen LogP contribution in [0.4, 0.5) is 16.3 Å². The second kappa shape index (κ2) is 6.28. The van der Waals surface area contributed by atoms with E-state index >= 15 is 0 Å². The van der Waals surface area contributed by atoms with Gasteiger partial charge >= 0.3 is 6.03 Å². The Balaban J connectivity index is 1.68. The number of urea groups is 1. The molecule has 2 aromatic carbocycles. The number of aromatic nitrogens is 2. The molecule has 0 aliphatic heterocycles. The number of rotatable bonds is 3. The third-order valence-corrected chi connectivity index (χ3v) is 3.18. The highest BCUT2D eigenvalue weighted by atomic mass is 35.5. The number of amides is 2. The van der Waals surface area contributed by atoms with E-state index in [1.54, 1.807) is 30.5 Å². The summed E-state index contributed by atoms with van der Waals surface area (Å²) in [4.78, 5) is 11.9. The van der Waals surface area contributed by atoms with E-state index in [1.165, 1.54) is 0 Å². The lowest BCUT2D eigenvalue weighted by Crippen LogP contribution is -2.34. The van der Waals surface area contributed by atoms with Gasteiger partial charge in [0, 0.05) is 21.5 Å². The number of halogens is 1. The lowest BCUT2D eigenvalue weighted by molar-refractivity contribution is 0.254. The van der Waals surface area contributed by atoms with Crippen molar-refractivity contribution in [3.63, 3.8) is 0 Å². The predicted molar refractivity (Wildman–Crippen MR) is 86.8 cm³/mol. The highest BCUT2D eigenvalue weighted by molar-refractivity contribution is 6.30. The van der Waals surface area contributed by atoms with E-state index in [9.17, 15) is 4.79 Å². The van der Waals surface area contributed by atoms with Crippen LogP contribution in [0, 0.1) is 0 Å². The molecule has 0 aliphatic rings. The largest absolute Gasteiger partial charge is 0.337 e. The monoisotopic (exact) mass is 313 g/mol. The van der Waals surface area contributed by atoms with Crippen LogP contribution in [0.15, 0.2) is 54.7 Å². The second-order valence-corrected chi connectivity index (χ2v) is 4.93. The number of fused-ring (bicyclic) bond motifs is 1. The third kappa shape index (κ3) is 3.24. The number of benzene rings is 2. The van der Waals surface area contributed by atoms with Crippen molar-refractivity contribution in [2.45, 2.75) is 0 Å². The van der Waals surface area contributed by atoms with Gasteiger partial charge in [-0.3, -0.25) is 5.43 Å². The van der Waals surface area contributed by atoms with Gasteiger partial charge in [-0.05, 0) is 18.2 Å². The molecule has 0 fully saturated rings. The number of nitrogens with one attached hydrogen (secondary N) is 3. The van der Waals surface area contributed by atoms with Crippen molar-refractivity contribution in [3.05, 3.63) is 59.8 Å². The first-order valence-corrected chi connectivity index (χ1v) is 6.89. The summed E-state index contributed by atoms with van der Waals surface area (Å²) in [5.74, 6) is 0.472. The average Bonchev–Trinajstić information content (AvgIpc) is 2.53. The Morgan fingerprint density at radius 2 is 1.95 bits per heavy atom. The van der Waals surface area contributed by atoms with Crippen LogP contribution in [0.3, 0.4) is 0 Å². The molecule has 3 aromatic rings. The van der Waals surface area contributed by atoms with Gasteiger partial charge in [0.2, 0.25) is 0 Å². The zero-order valence-electron chi connectivity index (χ0n) is 11.4. The van der Waals surface area contributed by atoms with E-state index in [2.05, 4.69) is 26.4 Å². The maximum Gasteiger partial charge on any atom is 0.337 e. The smallest absolute Gasteiger partial charge is 0.307 e. The predicted octanol–water partition coefficient (Wildman–Crippen LogP) is 3.43. The van der Waals surface area contributed by atoms with E-state index in [4.69, 9.17) is 11.6 Å². The minimum atomic E-state index is -0.433. The maximum absolute atomic E-state index is 11.9. The summed E-state index contributed by atoms with van der Waals surface area (Å²) in [7, 11) is 0. The number of hydrogen-bond acceptors (Lipinski definition) is 4. The highest BCUT2D eigenvalue weighted by Gasteiger charge is 2.05. The molecule has 0 spiro atoms. The molecule has 1 aromatic heterocycles. The lowest BCUT2D eigenvalue weighted by atomic mass is 10.2. The highest BCUT2D eigenvalue weighted by Crippen LogP contribution is 2.18. The van der Waals surface area contributed by atoms with Crippen molar-refractivity contribution < 1.29 is 4.79 Å². The molecule has 0 bridgehead atoms. The molecule has 3 rings (SSSR count). The zero-order valence-corrected chi connectivity index (χ0v) is 12.1. The molecule has 0 saturated carbocycles. The summed E-state index contributed by atoms with van der Waals surface area (Å²) in [6.07, 6.45) is 1.66. The van der Waals surface area contributed by atoms with Gasteiger partial charge in [0.25, 0.3) is 0 Å². The van der Waals surface area contributed by atoms with Gasteiger partial charge in [-0.1, -0.05) is 41.9 Å². The van der Waals surface area contributed by atoms with Crippen molar-refractivity contribution >= 4 is 39.9 Å². The molecule has 110 valence electrons. The van der Waals surface area contributed by atoms with Gasteiger partial charge in [0.1, 0.15) is 0 Å². The minimum Gasteiger partial charge on any atom is -0.307 e. The first-order valence-electron chi connectivity index (χ1n) is 6.51. The molecule has 3 N–H and O–H groups in total. The van der Waals surface area contributed by atoms with Gasteiger partial charge in [-0.2, -0.15) is 5.10 Å². The van der Waals surface area contributed by atoms with Gasteiger partial charge in [0.15, 0.2) is 5.82 Å². The first-order chi connectivity index (χ1) is 10.7. The first kappa shape index (κ1) is 14.1. The summed E-state index contributed by atoms with van der Waals surface area (Å²) >= 11 is 5.86. The molecule has 2 amide bonds. The normalized spacial score (nSPS) is 10.2. The standard InChI is InChI=1S/C15H12ClN5O/c16-11-5-3-6-12(8-11)18-15(22)21-20-14-13-7-2-1-4-10(13)9-17-19-14/h1-9H,(H,19,20)(H2,18,21,22). The summed E-state index contributed by atoms with van der Waals surface area (Å²) in [5.41, 5.74) is 5.86. The van der Waals surface area contributed by atoms with Gasteiger partial charge < -0.3 is 5.32 Å². The Labute approximate surface area is 131 Å². The van der Waals surface area contributed by atoms with Crippen LogP contribution in [0.2, 0.25) is 5.02 Å². The molecule has 0 atom stereocenters. The van der Waals surface area contributed by atoms with Crippen LogP contribution in [-0.2, 0) is 0 Å². The minimum absolute atomic E-state index is 0.433. The molecule has 0 saturated heterocycles. The fourth-order valence-electron chi connectivity index (χ4n) is 1.96. The molecule has 0 radical (unpaired) electrons. The van der Waals surface area contributed by atoms with Crippen LogP contribution in [0.25, 0.3) is 10.8 Å². The summed E-state index contributed by atoms with van der Waals surface area (Å²) in [6, 6.07) is 14.0. The fourth-order valence-corrected chi connectivity index (χ4v) is 2.16. The Morgan fingerprint density at radius 3 is 2.82 bits per heavy atom. The average molecular weight is 314 g/mol. The lowest BCUT2D eigenvalue weighted by Gasteiger charge is -2.10. The number of hydrazine groups is 1. The van der Waals surface area contributed by atoms with Crippen molar-refractivity contribution in [1.29, 1.82) is 0 Å². The van der Waals surface area contributed by atoms with E-state index in [1.807, 2.05) is 24.3 Å². The SMILES string of the molecule is O=C(NNc1nncc2ccccc12)Nc1cccc(Cl)c1. The van der Waals surface area contributed by atoms with E-state index in [0.29, 0.717) is 16.5 Å². The van der Waals surface area contributed by atoms with E-state index < -0.39 is 6.03 Å².